The van der Waals surface area contributed by atoms with Crippen molar-refractivity contribution in [2.45, 2.75) is 0 Å². The molecule has 3 rings (SSSR count). The fourth-order valence-electron chi connectivity index (χ4n) is 1.84. The second kappa shape index (κ2) is 4.33. The molecule has 0 spiro atoms. The zero-order chi connectivity index (χ0) is 13.4. The highest BCUT2D eigenvalue weighted by Gasteiger charge is 2.18. The smallest absolute Gasteiger partial charge is 0.358 e. The Balaban J connectivity index is 2.41. The van der Waals surface area contributed by atoms with Crippen LogP contribution in [0, 0.1) is 0 Å². The molecule has 1 N–H and O–H groups in total. The van der Waals surface area contributed by atoms with Gasteiger partial charge in [0.1, 0.15) is 5.69 Å². The van der Waals surface area contributed by atoms with E-state index in [4.69, 9.17) is 11.6 Å². The molecule has 0 aliphatic rings. The van der Waals surface area contributed by atoms with E-state index in [2.05, 4.69) is 15.3 Å². The van der Waals surface area contributed by atoms with Crippen LogP contribution in [0.3, 0.4) is 0 Å². The molecular formula is C12H7ClN4O2. The molecular weight excluding hydrogens is 268 g/mol. The summed E-state index contributed by atoms with van der Waals surface area (Å²) in [6, 6.07) is 7.12. The van der Waals surface area contributed by atoms with Gasteiger partial charge >= 0.3 is 5.97 Å². The number of benzene rings is 1. The molecule has 0 saturated heterocycles. The van der Waals surface area contributed by atoms with Crippen molar-refractivity contribution < 1.29 is 9.90 Å². The standard InChI is InChI=1S/C12H7ClN4O2/c13-7-5-14-17(6-7)11-8-3-1-2-4-9(8)15-16-10(11)12(18)19/h1-6H,(H,18,19). The van der Waals surface area contributed by atoms with Crippen molar-refractivity contribution in [3.05, 3.63) is 47.4 Å². The molecule has 0 bridgehead atoms. The summed E-state index contributed by atoms with van der Waals surface area (Å²) < 4.78 is 1.39. The van der Waals surface area contributed by atoms with Gasteiger partial charge in [-0.3, -0.25) is 0 Å². The topological polar surface area (TPSA) is 80.9 Å². The minimum Gasteiger partial charge on any atom is -0.476 e. The second-order valence-electron chi connectivity index (χ2n) is 3.82. The predicted octanol–water partition coefficient (Wildman–Crippen LogP) is 2.17. The van der Waals surface area contributed by atoms with E-state index in [0.717, 1.165) is 0 Å². The van der Waals surface area contributed by atoms with Gasteiger partial charge in [0.15, 0.2) is 5.69 Å². The van der Waals surface area contributed by atoms with Gasteiger partial charge in [-0.05, 0) is 6.07 Å². The van der Waals surface area contributed by atoms with E-state index in [1.807, 2.05) is 0 Å². The molecule has 0 fully saturated rings. The molecule has 0 atom stereocenters. The van der Waals surface area contributed by atoms with Gasteiger partial charge in [0, 0.05) is 11.6 Å². The lowest BCUT2D eigenvalue weighted by Gasteiger charge is -2.08. The Bertz CT molecular complexity index is 784. The van der Waals surface area contributed by atoms with Crippen molar-refractivity contribution in [3.63, 3.8) is 0 Å². The summed E-state index contributed by atoms with van der Waals surface area (Å²) in [6.07, 6.45) is 2.96. The van der Waals surface area contributed by atoms with Gasteiger partial charge < -0.3 is 5.11 Å². The molecule has 2 aromatic heterocycles. The van der Waals surface area contributed by atoms with E-state index in [9.17, 15) is 9.90 Å². The first-order valence-corrected chi connectivity index (χ1v) is 5.74. The minimum absolute atomic E-state index is 0.168. The summed E-state index contributed by atoms with van der Waals surface area (Å²) in [5.74, 6) is -1.17. The van der Waals surface area contributed by atoms with Gasteiger partial charge in [-0.2, -0.15) is 5.10 Å². The van der Waals surface area contributed by atoms with Gasteiger partial charge in [-0.1, -0.05) is 29.8 Å². The van der Waals surface area contributed by atoms with E-state index >= 15 is 0 Å². The number of carboxylic acid groups (broad SMARTS) is 1. The third kappa shape index (κ3) is 1.92. The Morgan fingerprint density at radius 1 is 1.26 bits per heavy atom. The lowest BCUT2D eigenvalue weighted by atomic mass is 10.1. The zero-order valence-corrected chi connectivity index (χ0v) is 10.2. The molecule has 94 valence electrons. The second-order valence-corrected chi connectivity index (χ2v) is 4.26. The molecule has 0 aliphatic carbocycles. The maximum Gasteiger partial charge on any atom is 0.358 e. The van der Waals surface area contributed by atoms with Gasteiger partial charge in [0.2, 0.25) is 0 Å². The Morgan fingerprint density at radius 2 is 2.05 bits per heavy atom. The summed E-state index contributed by atoms with van der Waals surface area (Å²) in [7, 11) is 0. The van der Waals surface area contributed by atoms with Gasteiger partial charge in [0.25, 0.3) is 0 Å². The summed E-state index contributed by atoms with van der Waals surface area (Å²) >= 11 is 5.83. The normalized spacial score (nSPS) is 10.8. The Labute approximate surface area is 112 Å². The van der Waals surface area contributed by atoms with E-state index < -0.39 is 5.97 Å². The van der Waals surface area contributed by atoms with Crippen molar-refractivity contribution in [1.82, 2.24) is 20.0 Å². The van der Waals surface area contributed by atoms with Crippen LogP contribution in [0.2, 0.25) is 5.02 Å². The highest BCUT2D eigenvalue weighted by atomic mass is 35.5. The number of aromatic nitrogens is 4. The highest BCUT2D eigenvalue weighted by molar-refractivity contribution is 6.30. The van der Waals surface area contributed by atoms with Crippen LogP contribution in [0.1, 0.15) is 10.5 Å². The largest absolute Gasteiger partial charge is 0.476 e. The summed E-state index contributed by atoms with van der Waals surface area (Å²) in [6.45, 7) is 0. The van der Waals surface area contributed by atoms with E-state index in [0.29, 0.717) is 21.6 Å². The van der Waals surface area contributed by atoms with Crippen LogP contribution in [0.25, 0.3) is 16.6 Å². The van der Waals surface area contributed by atoms with Crippen LogP contribution in [-0.4, -0.2) is 31.1 Å². The van der Waals surface area contributed by atoms with Crippen molar-refractivity contribution in [1.29, 1.82) is 0 Å². The zero-order valence-electron chi connectivity index (χ0n) is 9.49. The van der Waals surface area contributed by atoms with E-state index in [-0.39, 0.29) is 5.69 Å². The Hall–Kier alpha value is -2.47. The van der Waals surface area contributed by atoms with Gasteiger partial charge in [-0.15, -0.1) is 10.2 Å². The lowest BCUT2D eigenvalue weighted by molar-refractivity contribution is 0.0689. The molecule has 0 aliphatic heterocycles. The summed E-state index contributed by atoms with van der Waals surface area (Å²) in [5.41, 5.74) is 0.776. The maximum absolute atomic E-state index is 11.3. The van der Waals surface area contributed by atoms with Crippen molar-refractivity contribution >= 4 is 28.5 Å². The molecule has 19 heavy (non-hydrogen) atoms. The SMILES string of the molecule is O=C(O)c1nnc2ccccc2c1-n1cc(Cl)cn1. The number of halogens is 1. The molecule has 0 amide bonds. The fraction of sp³-hybridized carbons (Fsp3) is 0. The van der Waals surface area contributed by atoms with Gasteiger partial charge in [-0.25, -0.2) is 9.48 Å². The van der Waals surface area contributed by atoms with Crippen LogP contribution in [0.15, 0.2) is 36.7 Å². The quantitative estimate of drug-likeness (QED) is 0.774. The molecule has 2 heterocycles. The minimum atomic E-state index is -1.17. The predicted molar refractivity (Wildman–Crippen MR) is 68.6 cm³/mol. The van der Waals surface area contributed by atoms with Crippen LogP contribution in [0.4, 0.5) is 0 Å². The lowest BCUT2D eigenvalue weighted by Crippen LogP contribution is -2.10. The van der Waals surface area contributed by atoms with Crippen molar-refractivity contribution in [2.75, 3.05) is 0 Å². The Kier molecular flexibility index (Phi) is 2.64. The fourth-order valence-corrected chi connectivity index (χ4v) is 1.98. The first-order chi connectivity index (χ1) is 9.16. The molecule has 0 saturated carbocycles. The van der Waals surface area contributed by atoms with E-state index in [1.54, 1.807) is 24.3 Å². The number of rotatable bonds is 2. The van der Waals surface area contributed by atoms with Crippen LogP contribution in [0.5, 0.6) is 0 Å². The monoisotopic (exact) mass is 274 g/mol. The number of nitrogens with zero attached hydrogens (tertiary/aromatic N) is 4. The van der Waals surface area contributed by atoms with Crippen LogP contribution >= 0.6 is 11.6 Å². The number of hydrogen-bond acceptors (Lipinski definition) is 4. The van der Waals surface area contributed by atoms with Crippen LogP contribution in [-0.2, 0) is 0 Å². The average Bonchev–Trinajstić information content (AvgIpc) is 2.83. The number of carboxylic acids is 1. The van der Waals surface area contributed by atoms with E-state index in [1.165, 1.54) is 17.1 Å². The average molecular weight is 275 g/mol. The molecule has 6 nitrogen and oxygen atoms in total. The molecule has 3 aromatic rings. The summed E-state index contributed by atoms with van der Waals surface area (Å²) in [5, 5.41) is 21.9. The number of aromatic carboxylic acids is 1. The third-order valence-corrected chi connectivity index (χ3v) is 2.82. The maximum atomic E-state index is 11.3. The highest BCUT2D eigenvalue weighted by Crippen LogP contribution is 2.23. The summed E-state index contributed by atoms with van der Waals surface area (Å²) in [4.78, 5) is 11.3. The first-order valence-electron chi connectivity index (χ1n) is 5.36. The molecule has 0 radical (unpaired) electrons. The van der Waals surface area contributed by atoms with Crippen molar-refractivity contribution in [3.8, 4) is 5.69 Å². The Morgan fingerprint density at radius 3 is 2.74 bits per heavy atom. The number of carbonyl (C=O) groups is 1. The number of hydrogen-bond donors (Lipinski definition) is 1. The molecule has 1 aromatic carbocycles. The van der Waals surface area contributed by atoms with Crippen molar-refractivity contribution in [2.24, 2.45) is 0 Å². The first kappa shape index (κ1) is 11.6. The van der Waals surface area contributed by atoms with Gasteiger partial charge in [0.05, 0.1) is 16.7 Å². The molecule has 7 heteroatoms. The third-order valence-electron chi connectivity index (χ3n) is 2.62. The van der Waals surface area contributed by atoms with Crippen LogP contribution < -0.4 is 0 Å². The molecule has 0 unspecified atom stereocenters. The number of fused-ring (bicyclic) bond motifs is 1.